The summed E-state index contributed by atoms with van der Waals surface area (Å²) in [5, 5.41) is 3.36. The molecular formula is C22H32N2O. The Morgan fingerprint density at radius 2 is 1.64 bits per heavy atom. The molecule has 1 aromatic rings. The lowest BCUT2D eigenvalue weighted by molar-refractivity contribution is -0.146. The highest BCUT2D eigenvalue weighted by Crippen LogP contribution is 2.60. The second-order valence-corrected chi connectivity index (χ2v) is 9.22. The summed E-state index contributed by atoms with van der Waals surface area (Å²) in [5.74, 6) is 2.83. The fourth-order valence-corrected chi connectivity index (χ4v) is 6.11. The van der Waals surface area contributed by atoms with Crippen LogP contribution in [-0.2, 0) is 11.2 Å². The molecule has 1 atom stereocenters. The highest BCUT2D eigenvalue weighted by molar-refractivity contribution is 5.83. The number of nitrogens with one attached hydrogen (secondary N) is 1. The number of rotatable bonds is 6. The van der Waals surface area contributed by atoms with Gasteiger partial charge in [-0.05, 0) is 82.4 Å². The highest BCUT2D eigenvalue weighted by atomic mass is 16.2. The zero-order chi connectivity index (χ0) is 17.4. The molecule has 0 aromatic heterocycles. The molecule has 1 N–H and O–H groups in total. The van der Waals surface area contributed by atoms with E-state index in [0.717, 1.165) is 50.0 Å². The number of hydrogen-bond acceptors (Lipinski definition) is 2. The molecule has 1 amide bonds. The Morgan fingerprint density at radius 1 is 1.08 bits per heavy atom. The molecule has 4 aliphatic rings. The molecule has 0 saturated heterocycles. The van der Waals surface area contributed by atoms with E-state index in [1.54, 1.807) is 0 Å². The van der Waals surface area contributed by atoms with Crippen molar-refractivity contribution in [2.75, 3.05) is 20.6 Å². The van der Waals surface area contributed by atoms with Gasteiger partial charge in [0.1, 0.15) is 0 Å². The third-order valence-electron chi connectivity index (χ3n) is 7.06. The van der Waals surface area contributed by atoms with E-state index in [2.05, 4.69) is 54.6 Å². The van der Waals surface area contributed by atoms with Crippen LogP contribution in [0.2, 0.25) is 0 Å². The number of carbonyl (C=O) groups excluding carboxylic acids is 1. The first-order chi connectivity index (χ1) is 12.0. The summed E-state index contributed by atoms with van der Waals surface area (Å²) in [4.78, 5) is 15.4. The zero-order valence-electron chi connectivity index (χ0n) is 15.7. The maximum absolute atomic E-state index is 13.1. The van der Waals surface area contributed by atoms with Crippen LogP contribution in [0.15, 0.2) is 30.3 Å². The number of likely N-dealkylation sites (N-methyl/N-ethyl adjacent to an activating group) is 1. The molecule has 1 unspecified atom stereocenters. The number of benzene rings is 1. The van der Waals surface area contributed by atoms with Gasteiger partial charge in [0, 0.05) is 18.0 Å². The quantitative estimate of drug-likeness (QED) is 0.860. The normalized spacial score (nSPS) is 34.3. The Labute approximate surface area is 152 Å². The fraction of sp³-hybridized carbons (Fsp3) is 0.682. The Kier molecular flexibility index (Phi) is 4.61. The van der Waals surface area contributed by atoms with Crippen molar-refractivity contribution >= 4 is 5.91 Å². The van der Waals surface area contributed by atoms with Gasteiger partial charge in [-0.15, -0.1) is 0 Å². The minimum absolute atomic E-state index is 0.0294. The van der Waals surface area contributed by atoms with Crippen molar-refractivity contribution < 1.29 is 4.79 Å². The van der Waals surface area contributed by atoms with Crippen molar-refractivity contribution in [1.29, 1.82) is 0 Å². The molecule has 0 heterocycles. The number of amides is 1. The van der Waals surface area contributed by atoms with Gasteiger partial charge in [-0.3, -0.25) is 4.79 Å². The van der Waals surface area contributed by atoms with E-state index < -0.39 is 0 Å². The third-order valence-corrected chi connectivity index (χ3v) is 7.06. The van der Waals surface area contributed by atoms with E-state index in [4.69, 9.17) is 0 Å². The Hall–Kier alpha value is -1.35. The van der Waals surface area contributed by atoms with E-state index in [-0.39, 0.29) is 5.41 Å². The average molecular weight is 341 g/mol. The predicted molar refractivity (Wildman–Crippen MR) is 101 cm³/mol. The van der Waals surface area contributed by atoms with Crippen molar-refractivity contribution in [3.8, 4) is 0 Å². The Morgan fingerprint density at radius 3 is 2.16 bits per heavy atom. The second-order valence-electron chi connectivity index (χ2n) is 9.22. The standard InChI is InChI=1S/C22H32N2O/c1-24(2)20(11-16-6-4-3-5-7-16)15-23-21(25)22-12-17-8-18(13-22)10-19(9-17)14-22/h3-7,17-20H,8-15H2,1-2H3,(H,23,25). The maximum Gasteiger partial charge on any atom is 0.226 e. The SMILES string of the molecule is CN(C)C(CNC(=O)C12CC3CC(CC(C3)C1)C2)Cc1ccccc1. The maximum atomic E-state index is 13.1. The van der Waals surface area contributed by atoms with Crippen LogP contribution in [-0.4, -0.2) is 37.5 Å². The van der Waals surface area contributed by atoms with Crippen LogP contribution in [0.3, 0.4) is 0 Å². The van der Waals surface area contributed by atoms with E-state index in [0.29, 0.717) is 11.9 Å². The Bertz CT molecular complexity index is 574. The Balaban J connectivity index is 1.38. The number of hydrogen-bond donors (Lipinski definition) is 1. The summed E-state index contributed by atoms with van der Waals surface area (Å²) >= 11 is 0. The first-order valence-electron chi connectivity index (χ1n) is 10.0. The molecular weight excluding hydrogens is 308 g/mol. The number of nitrogens with zero attached hydrogens (tertiary/aromatic N) is 1. The van der Waals surface area contributed by atoms with Gasteiger partial charge in [0.05, 0.1) is 0 Å². The van der Waals surface area contributed by atoms with Gasteiger partial charge >= 0.3 is 0 Å². The van der Waals surface area contributed by atoms with E-state index in [1.807, 2.05) is 0 Å². The average Bonchev–Trinajstić information content (AvgIpc) is 2.57. The molecule has 136 valence electrons. The van der Waals surface area contributed by atoms with Crippen LogP contribution in [0.5, 0.6) is 0 Å². The van der Waals surface area contributed by atoms with Crippen molar-refractivity contribution in [2.24, 2.45) is 23.2 Å². The highest BCUT2D eigenvalue weighted by Gasteiger charge is 2.54. The van der Waals surface area contributed by atoms with Gasteiger partial charge in [0.2, 0.25) is 5.91 Å². The van der Waals surface area contributed by atoms with Crippen LogP contribution < -0.4 is 5.32 Å². The van der Waals surface area contributed by atoms with Crippen LogP contribution in [0.4, 0.5) is 0 Å². The molecule has 0 radical (unpaired) electrons. The molecule has 25 heavy (non-hydrogen) atoms. The van der Waals surface area contributed by atoms with Crippen molar-refractivity contribution in [3.05, 3.63) is 35.9 Å². The molecule has 0 aliphatic heterocycles. The summed E-state index contributed by atoms with van der Waals surface area (Å²) in [6, 6.07) is 10.9. The molecule has 4 aliphatic carbocycles. The molecule has 3 nitrogen and oxygen atoms in total. The van der Waals surface area contributed by atoms with Gasteiger partial charge in [0.25, 0.3) is 0 Å². The van der Waals surface area contributed by atoms with E-state index in [9.17, 15) is 4.79 Å². The van der Waals surface area contributed by atoms with Gasteiger partial charge in [0.15, 0.2) is 0 Å². The first kappa shape index (κ1) is 17.1. The number of carbonyl (C=O) groups is 1. The summed E-state index contributed by atoms with van der Waals surface area (Å²) < 4.78 is 0. The molecule has 4 bridgehead atoms. The summed E-state index contributed by atoms with van der Waals surface area (Å²) in [7, 11) is 4.23. The topological polar surface area (TPSA) is 32.3 Å². The predicted octanol–water partition coefficient (Wildman–Crippen LogP) is 3.49. The van der Waals surface area contributed by atoms with Gasteiger partial charge in [-0.25, -0.2) is 0 Å². The molecule has 3 heteroatoms. The van der Waals surface area contributed by atoms with Crippen LogP contribution in [0, 0.1) is 23.2 Å². The minimum atomic E-state index is -0.0294. The largest absolute Gasteiger partial charge is 0.354 e. The van der Waals surface area contributed by atoms with Gasteiger partial charge < -0.3 is 10.2 Å². The molecule has 1 aromatic carbocycles. The zero-order valence-corrected chi connectivity index (χ0v) is 15.7. The minimum Gasteiger partial charge on any atom is -0.354 e. The summed E-state index contributed by atoms with van der Waals surface area (Å²) in [6.45, 7) is 0.752. The van der Waals surface area contributed by atoms with Gasteiger partial charge in [-0.1, -0.05) is 30.3 Å². The van der Waals surface area contributed by atoms with Crippen molar-refractivity contribution in [1.82, 2.24) is 10.2 Å². The first-order valence-corrected chi connectivity index (χ1v) is 10.0. The lowest BCUT2D eigenvalue weighted by Gasteiger charge is -2.55. The lowest BCUT2D eigenvalue weighted by Crippen LogP contribution is -2.55. The monoisotopic (exact) mass is 340 g/mol. The van der Waals surface area contributed by atoms with Crippen LogP contribution in [0.25, 0.3) is 0 Å². The van der Waals surface area contributed by atoms with E-state index in [1.165, 1.54) is 24.8 Å². The summed E-state index contributed by atoms with van der Waals surface area (Å²) in [5.41, 5.74) is 1.31. The van der Waals surface area contributed by atoms with Crippen LogP contribution in [0.1, 0.15) is 44.1 Å². The lowest BCUT2D eigenvalue weighted by atomic mass is 9.49. The van der Waals surface area contributed by atoms with Crippen molar-refractivity contribution in [3.63, 3.8) is 0 Å². The van der Waals surface area contributed by atoms with Gasteiger partial charge in [-0.2, -0.15) is 0 Å². The molecule has 4 fully saturated rings. The molecule has 4 saturated carbocycles. The van der Waals surface area contributed by atoms with Crippen LogP contribution >= 0.6 is 0 Å². The fourth-order valence-electron chi connectivity index (χ4n) is 6.11. The third kappa shape index (κ3) is 3.48. The van der Waals surface area contributed by atoms with Crippen molar-refractivity contribution in [2.45, 2.75) is 51.0 Å². The smallest absolute Gasteiger partial charge is 0.226 e. The summed E-state index contributed by atoms with van der Waals surface area (Å²) in [6.07, 6.45) is 8.60. The molecule has 5 rings (SSSR count). The molecule has 0 spiro atoms. The van der Waals surface area contributed by atoms with E-state index >= 15 is 0 Å². The second kappa shape index (κ2) is 6.75.